The molecule has 0 aromatic heterocycles. The summed E-state index contributed by atoms with van der Waals surface area (Å²) in [6, 6.07) is 20.9. The summed E-state index contributed by atoms with van der Waals surface area (Å²) in [5, 5.41) is 14.3. The molecule has 1 unspecified atom stereocenters. The molecule has 2 nitrogen and oxygen atoms in total. The fourth-order valence-corrected chi connectivity index (χ4v) is 2.97. The molecule has 2 rings (SSSR count). The first-order valence-electron chi connectivity index (χ1n) is 8.03. The van der Waals surface area contributed by atoms with Gasteiger partial charge in [-0.1, -0.05) is 74.5 Å². The number of nitrogens with one attached hydrogen (secondary N) is 1. The second-order valence-electron chi connectivity index (χ2n) is 6.37. The van der Waals surface area contributed by atoms with Gasteiger partial charge < -0.3 is 10.4 Å². The van der Waals surface area contributed by atoms with E-state index in [0.717, 1.165) is 0 Å². The third kappa shape index (κ3) is 3.96. The van der Waals surface area contributed by atoms with E-state index in [-0.39, 0.29) is 11.8 Å². The normalized spacial score (nSPS) is 14.3. The van der Waals surface area contributed by atoms with Crippen molar-refractivity contribution in [1.82, 2.24) is 5.32 Å². The Labute approximate surface area is 134 Å². The molecule has 0 saturated heterocycles. The lowest BCUT2D eigenvalue weighted by molar-refractivity contribution is -0.0138. The number of aliphatic hydroxyl groups is 1. The average molecular weight is 297 g/mol. The Kier molecular flexibility index (Phi) is 5.76. The molecule has 0 aliphatic carbocycles. The van der Waals surface area contributed by atoms with Crippen LogP contribution in [-0.2, 0) is 0 Å². The predicted octanol–water partition coefficient (Wildman–Crippen LogP) is 3.82. The summed E-state index contributed by atoms with van der Waals surface area (Å²) in [6.07, 6.45) is 0.708. The number of benzene rings is 2. The van der Waals surface area contributed by atoms with Crippen molar-refractivity contribution in [3.8, 4) is 0 Å². The van der Waals surface area contributed by atoms with Crippen molar-refractivity contribution in [1.29, 1.82) is 0 Å². The van der Waals surface area contributed by atoms with E-state index in [0.29, 0.717) is 13.0 Å². The van der Waals surface area contributed by atoms with Crippen LogP contribution in [0.2, 0.25) is 0 Å². The summed E-state index contributed by atoms with van der Waals surface area (Å²) in [6.45, 7) is 4.77. The van der Waals surface area contributed by atoms with Gasteiger partial charge in [-0.2, -0.15) is 0 Å². The summed E-state index contributed by atoms with van der Waals surface area (Å²) in [4.78, 5) is 0. The largest absolute Gasteiger partial charge is 0.388 e. The van der Waals surface area contributed by atoms with E-state index in [4.69, 9.17) is 0 Å². The molecule has 0 saturated carbocycles. The Morgan fingerprint density at radius 2 is 1.36 bits per heavy atom. The van der Waals surface area contributed by atoms with E-state index in [1.165, 1.54) is 11.1 Å². The number of likely N-dealkylation sites (N-methyl/N-ethyl adjacent to an activating group) is 1. The quantitative estimate of drug-likeness (QED) is 0.814. The Morgan fingerprint density at radius 1 is 0.909 bits per heavy atom. The fraction of sp³-hybridized carbons (Fsp3) is 0.400. The maximum Gasteiger partial charge on any atom is 0.0803 e. The van der Waals surface area contributed by atoms with Crippen molar-refractivity contribution in [2.75, 3.05) is 13.6 Å². The van der Waals surface area contributed by atoms with E-state index in [1.807, 2.05) is 19.2 Å². The highest BCUT2D eigenvalue weighted by atomic mass is 16.3. The molecule has 2 aromatic rings. The summed E-state index contributed by atoms with van der Waals surface area (Å²) >= 11 is 0. The smallest absolute Gasteiger partial charge is 0.0803 e. The van der Waals surface area contributed by atoms with Crippen LogP contribution in [0.5, 0.6) is 0 Å². The minimum absolute atomic E-state index is 0.190. The first-order chi connectivity index (χ1) is 10.6. The van der Waals surface area contributed by atoms with Gasteiger partial charge in [0.2, 0.25) is 0 Å². The molecule has 0 heterocycles. The van der Waals surface area contributed by atoms with Crippen LogP contribution >= 0.6 is 0 Å². The first-order valence-corrected chi connectivity index (χ1v) is 8.03. The molecule has 118 valence electrons. The second kappa shape index (κ2) is 7.57. The molecule has 0 radical (unpaired) electrons. The molecule has 0 aliphatic heterocycles. The van der Waals surface area contributed by atoms with Crippen LogP contribution in [0.3, 0.4) is 0 Å². The van der Waals surface area contributed by atoms with Crippen LogP contribution in [0.15, 0.2) is 60.7 Å². The van der Waals surface area contributed by atoms with Crippen LogP contribution in [-0.4, -0.2) is 24.3 Å². The molecule has 0 spiro atoms. The highest BCUT2D eigenvalue weighted by molar-refractivity contribution is 5.33. The molecule has 22 heavy (non-hydrogen) atoms. The van der Waals surface area contributed by atoms with Crippen LogP contribution in [0.1, 0.15) is 37.3 Å². The zero-order valence-corrected chi connectivity index (χ0v) is 13.8. The summed E-state index contributed by atoms with van der Waals surface area (Å²) in [5.41, 5.74) is 1.78. The Balaban J connectivity index is 2.37. The minimum atomic E-state index is -0.731. The van der Waals surface area contributed by atoms with Gasteiger partial charge in [0.15, 0.2) is 0 Å². The fourth-order valence-electron chi connectivity index (χ4n) is 2.97. The Bertz CT molecular complexity index is 513. The average Bonchev–Trinajstić information content (AvgIpc) is 2.54. The van der Waals surface area contributed by atoms with Gasteiger partial charge in [0, 0.05) is 12.5 Å². The van der Waals surface area contributed by atoms with Gasteiger partial charge in [-0.3, -0.25) is 0 Å². The van der Waals surface area contributed by atoms with Gasteiger partial charge >= 0.3 is 0 Å². The summed E-state index contributed by atoms with van der Waals surface area (Å²) in [5.74, 6) is 0.387. The summed E-state index contributed by atoms with van der Waals surface area (Å²) < 4.78 is 0. The van der Waals surface area contributed by atoms with Crippen molar-refractivity contribution < 1.29 is 5.11 Å². The van der Waals surface area contributed by atoms with Gasteiger partial charge in [-0.15, -0.1) is 0 Å². The zero-order valence-electron chi connectivity index (χ0n) is 13.8. The molecule has 0 bridgehead atoms. The third-order valence-corrected chi connectivity index (χ3v) is 4.52. The van der Waals surface area contributed by atoms with Crippen molar-refractivity contribution in [2.45, 2.75) is 31.8 Å². The van der Waals surface area contributed by atoms with Crippen molar-refractivity contribution in [3.05, 3.63) is 71.8 Å². The molecule has 2 N–H and O–H groups in total. The van der Waals surface area contributed by atoms with E-state index in [2.05, 4.69) is 67.7 Å². The first kappa shape index (κ1) is 16.7. The second-order valence-corrected chi connectivity index (χ2v) is 6.37. The van der Waals surface area contributed by atoms with E-state index >= 15 is 0 Å². The van der Waals surface area contributed by atoms with Crippen LogP contribution in [0.4, 0.5) is 0 Å². The van der Waals surface area contributed by atoms with Crippen LogP contribution < -0.4 is 5.32 Å². The van der Waals surface area contributed by atoms with Gasteiger partial charge in [0.1, 0.15) is 0 Å². The lowest BCUT2D eigenvalue weighted by Gasteiger charge is -2.36. The molecule has 2 heteroatoms. The highest BCUT2D eigenvalue weighted by Gasteiger charge is 2.34. The van der Waals surface area contributed by atoms with Crippen molar-refractivity contribution >= 4 is 0 Å². The molecule has 1 atom stereocenters. The summed E-state index contributed by atoms with van der Waals surface area (Å²) in [7, 11) is 1.90. The molecular weight excluding hydrogens is 270 g/mol. The molecular formula is C20H27NO. The van der Waals surface area contributed by atoms with Crippen molar-refractivity contribution in [2.24, 2.45) is 5.92 Å². The van der Waals surface area contributed by atoms with Crippen LogP contribution in [0, 0.1) is 5.92 Å². The zero-order chi connectivity index (χ0) is 16.0. The van der Waals surface area contributed by atoms with E-state index < -0.39 is 5.60 Å². The number of hydrogen-bond donors (Lipinski definition) is 2. The lowest BCUT2D eigenvalue weighted by Crippen LogP contribution is -2.45. The van der Waals surface area contributed by atoms with Crippen molar-refractivity contribution in [3.63, 3.8) is 0 Å². The van der Waals surface area contributed by atoms with Gasteiger partial charge in [0.25, 0.3) is 0 Å². The molecule has 0 fully saturated rings. The van der Waals surface area contributed by atoms with E-state index in [9.17, 15) is 5.11 Å². The SMILES string of the molecule is CNCC(O)(CC(c1ccccc1)c1ccccc1)C(C)C. The standard InChI is InChI=1S/C20H27NO/c1-16(2)20(22,15-21-3)14-19(17-10-6-4-7-11-17)18-12-8-5-9-13-18/h4-13,16,19,21-22H,14-15H2,1-3H3. The van der Waals surface area contributed by atoms with Gasteiger partial charge in [-0.25, -0.2) is 0 Å². The predicted molar refractivity (Wildman–Crippen MR) is 93.1 cm³/mol. The van der Waals surface area contributed by atoms with Gasteiger partial charge in [0.05, 0.1) is 5.60 Å². The monoisotopic (exact) mass is 297 g/mol. The molecule has 2 aromatic carbocycles. The molecule has 0 amide bonds. The number of rotatable bonds is 7. The topological polar surface area (TPSA) is 32.3 Å². The van der Waals surface area contributed by atoms with Gasteiger partial charge in [-0.05, 0) is 30.5 Å². The third-order valence-electron chi connectivity index (χ3n) is 4.52. The maximum absolute atomic E-state index is 11.1. The highest BCUT2D eigenvalue weighted by Crippen LogP contribution is 2.35. The minimum Gasteiger partial charge on any atom is -0.388 e. The molecule has 0 aliphatic rings. The Morgan fingerprint density at radius 3 is 1.73 bits per heavy atom. The maximum atomic E-state index is 11.1. The van der Waals surface area contributed by atoms with E-state index in [1.54, 1.807) is 0 Å². The lowest BCUT2D eigenvalue weighted by atomic mass is 9.76. The van der Waals surface area contributed by atoms with Crippen LogP contribution in [0.25, 0.3) is 0 Å². The Hall–Kier alpha value is -1.64. The number of hydrogen-bond acceptors (Lipinski definition) is 2.